The zero-order valence-corrected chi connectivity index (χ0v) is 11.1. The summed E-state index contributed by atoms with van der Waals surface area (Å²) < 4.78 is 4.94. The number of hydrogen-bond acceptors (Lipinski definition) is 5. The van der Waals surface area contributed by atoms with Gasteiger partial charge >= 0.3 is 0 Å². The van der Waals surface area contributed by atoms with Gasteiger partial charge in [0.1, 0.15) is 5.69 Å². The number of carbonyl (C=O) groups excluding carboxylic acids is 1. The number of rotatable bonds is 7. The van der Waals surface area contributed by atoms with Gasteiger partial charge in [0.2, 0.25) is 5.95 Å². The van der Waals surface area contributed by atoms with Gasteiger partial charge in [0.25, 0.3) is 5.91 Å². The van der Waals surface area contributed by atoms with E-state index in [0.29, 0.717) is 24.8 Å². The van der Waals surface area contributed by atoms with Gasteiger partial charge in [-0.25, -0.2) is 9.97 Å². The third-order valence-electron chi connectivity index (χ3n) is 2.12. The van der Waals surface area contributed by atoms with Crippen LogP contribution < -0.4 is 10.6 Å². The minimum Gasteiger partial charge on any atom is -0.385 e. The van der Waals surface area contributed by atoms with Crippen molar-refractivity contribution in [2.24, 2.45) is 0 Å². The highest BCUT2D eigenvalue weighted by Gasteiger charge is 2.09. The molecule has 0 spiro atoms. The molecule has 100 valence electrons. The van der Waals surface area contributed by atoms with Gasteiger partial charge in [-0.3, -0.25) is 4.79 Å². The van der Waals surface area contributed by atoms with E-state index in [1.807, 2.05) is 13.8 Å². The Morgan fingerprint density at radius 1 is 1.50 bits per heavy atom. The van der Waals surface area contributed by atoms with E-state index < -0.39 is 0 Å². The van der Waals surface area contributed by atoms with Gasteiger partial charge in [0.15, 0.2) is 0 Å². The van der Waals surface area contributed by atoms with Gasteiger partial charge in [-0.05, 0) is 26.3 Å². The van der Waals surface area contributed by atoms with Crippen LogP contribution in [0.4, 0.5) is 5.95 Å². The van der Waals surface area contributed by atoms with Crippen LogP contribution in [-0.4, -0.2) is 42.2 Å². The molecule has 0 saturated carbocycles. The first-order chi connectivity index (χ1) is 8.63. The van der Waals surface area contributed by atoms with E-state index in [-0.39, 0.29) is 11.9 Å². The smallest absolute Gasteiger partial charge is 0.270 e. The van der Waals surface area contributed by atoms with Crippen molar-refractivity contribution >= 4 is 11.9 Å². The molecule has 18 heavy (non-hydrogen) atoms. The summed E-state index contributed by atoms with van der Waals surface area (Å²) in [5, 5.41) is 5.83. The van der Waals surface area contributed by atoms with E-state index >= 15 is 0 Å². The molecule has 0 unspecified atom stereocenters. The largest absolute Gasteiger partial charge is 0.385 e. The van der Waals surface area contributed by atoms with Gasteiger partial charge in [-0.15, -0.1) is 0 Å². The van der Waals surface area contributed by atoms with Gasteiger partial charge in [0, 0.05) is 32.5 Å². The number of ether oxygens (including phenoxy) is 1. The quantitative estimate of drug-likeness (QED) is 0.710. The van der Waals surface area contributed by atoms with Crippen LogP contribution in [0.25, 0.3) is 0 Å². The normalized spacial score (nSPS) is 10.4. The highest BCUT2D eigenvalue weighted by Crippen LogP contribution is 2.01. The van der Waals surface area contributed by atoms with Crippen LogP contribution in [0.1, 0.15) is 30.8 Å². The van der Waals surface area contributed by atoms with Gasteiger partial charge < -0.3 is 15.4 Å². The summed E-state index contributed by atoms with van der Waals surface area (Å²) in [6.07, 6.45) is 2.43. The Morgan fingerprint density at radius 2 is 2.28 bits per heavy atom. The number of carbonyl (C=O) groups is 1. The lowest BCUT2D eigenvalue weighted by Crippen LogP contribution is -2.31. The maximum Gasteiger partial charge on any atom is 0.270 e. The van der Waals surface area contributed by atoms with Crippen molar-refractivity contribution in [3.8, 4) is 0 Å². The van der Waals surface area contributed by atoms with E-state index in [2.05, 4.69) is 20.6 Å². The molecule has 1 heterocycles. The van der Waals surface area contributed by atoms with Gasteiger partial charge in [0.05, 0.1) is 0 Å². The number of amides is 1. The fourth-order valence-corrected chi connectivity index (χ4v) is 1.32. The summed E-state index contributed by atoms with van der Waals surface area (Å²) in [7, 11) is 1.66. The summed E-state index contributed by atoms with van der Waals surface area (Å²) in [5.74, 6) is 0.273. The second-order valence-corrected chi connectivity index (χ2v) is 4.17. The third kappa shape index (κ3) is 5.09. The average molecular weight is 252 g/mol. The first kappa shape index (κ1) is 14.4. The summed E-state index contributed by atoms with van der Waals surface area (Å²) in [6.45, 7) is 5.20. The summed E-state index contributed by atoms with van der Waals surface area (Å²) in [5.41, 5.74) is 0.368. The van der Waals surface area contributed by atoms with Gasteiger partial charge in [-0.2, -0.15) is 0 Å². The van der Waals surface area contributed by atoms with Crippen molar-refractivity contribution in [1.29, 1.82) is 0 Å². The highest BCUT2D eigenvalue weighted by atomic mass is 16.5. The van der Waals surface area contributed by atoms with Crippen molar-refractivity contribution in [2.75, 3.05) is 25.6 Å². The van der Waals surface area contributed by atoms with Crippen molar-refractivity contribution in [3.63, 3.8) is 0 Å². The molecule has 1 rings (SSSR count). The molecule has 0 aliphatic heterocycles. The predicted molar refractivity (Wildman–Crippen MR) is 69.6 cm³/mol. The van der Waals surface area contributed by atoms with E-state index in [0.717, 1.165) is 6.42 Å². The minimum atomic E-state index is -0.188. The molecule has 0 fully saturated rings. The van der Waals surface area contributed by atoms with Crippen LogP contribution in [-0.2, 0) is 4.74 Å². The standard InChI is InChI=1S/C12H20N4O2/c1-9(2)15-11(17)10-5-7-14-12(16-10)13-6-4-8-18-3/h5,7,9H,4,6,8H2,1-3H3,(H,15,17)(H,13,14,16). The molecule has 0 radical (unpaired) electrons. The van der Waals surface area contributed by atoms with Crippen LogP contribution in [0, 0.1) is 0 Å². The third-order valence-corrected chi connectivity index (χ3v) is 2.12. The number of hydrogen-bond donors (Lipinski definition) is 2. The second-order valence-electron chi connectivity index (χ2n) is 4.17. The molecular weight excluding hydrogens is 232 g/mol. The van der Waals surface area contributed by atoms with Crippen molar-refractivity contribution in [1.82, 2.24) is 15.3 Å². The Kier molecular flexibility index (Phi) is 6.07. The molecule has 1 aromatic rings. The van der Waals surface area contributed by atoms with E-state index in [1.54, 1.807) is 19.4 Å². The molecular formula is C12H20N4O2. The topological polar surface area (TPSA) is 76.1 Å². The average Bonchev–Trinajstić information content (AvgIpc) is 2.34. The molecule has 0 atom stereocenters. The molecule has 0 bridgehead atoms. The summed E-state index contributed by atoms with van der Waals surface area (Å²) >= 11 is 0. The number of aromatic nitrogens is 2. The van der Waals surface area contributed by atoms with Crippen LogP contribution in [0.15, 0.2) is 12.3 Å². The van der Waals surface area contributed by atoms with Crippen molar-refractivity contribution in [3.05, 3.63) is 18.0 Å². The van der Waals surface area contributed by atoms with Crippen LogP contribution in [0.2, 0.25) is 0 Å². The Hall–Kier alpha value is -1.69. The van der Waals surface area contributed by atoms with Crippen molar-refractivity contribution in [2.45, 2.75) is 26.3 Å². The van der Waals surface area contributed by atoms with E-state index in [4.69, 9.17) is 4.74 Å². The van der Waals surface area contributed by atoms with Gasteiger partial charge in [-0.1, -0.05) is 0 Å². The number of nitrogens with zero attached hydrogens (tertiary/aromatic N) is 2. The Balaban J connectivity index is 2.53. The molecule has 0 saturated heterocycles. The number of anilines is 1. The first-order valence-corrected chi connectivity index (χ1v) is 6.00. The summed E-state index contributed by atoms with van der Waals surface area (Å²) in [6, 6.07) is 1.68. The van der Waals surface area contributed by atoms with Crippen molar-refractivity contribution < 1.29 is 9.53 Å². The predicted octanol–water partition coefficient (Wildman–Crippen LogP) is 1.06. The highest BCUT2D eigenvalue weighted by molar-refractivity contribution is 5.92. The zero-order valence-electron chi connectivity index (χ0n) is 11.1. The Morgan fingerprint density at radius 3 is 2.94 bits per heavy atom. The maximum absolute atomic E-state index is 11.7. The van der Waals surface area contributed by atoms with Crippen LogP contribution >= 0.6 is 0 Å². The Labute approximate surface area is 107 Å². The minimum absolute atomic E-state index is 0.0885. The van der Waals surface area contributed by atoms with Crippen LogP contribution in [0.5, 0.6) is 0 Å². The molecule has 1 amide bonds. The fraction of sp³-hybridized carbons (Fsp3) is 0.583. The second kappa shape index (κ2) is 7.60. The lowest BCUT2D eigenvalue weighted by Gasteiger charge is -2.09. The van der Waals surface area contributed by atoms with E-state index in [9.17, 15) is 4.79 Å². The first-order valence-electron chi connectivity index (χ1n) is 6.00. The zero-order chi connectivity index (χ0) is 13.4. The maximum atomic E-state index is 11.7. The van der Waals surface area contributed by atoms with Crippen LogP contribution in [0.3, 0.4) is 0 Å². The molecule has 1 aromatic heterocycles. The number of nitrogens with one attached hydrogen (secondary N) is 2. The molecule has 2 N–H and O–H groups in total. The lowest BCUT2D eigenvalue weighted by atomic mass is 10.3. The summed E-state index contributed by atoms with van der Waals surface area (Å²) in [4.78, 5) is 19.9. The molecule has 6 nitrogen and oxygen atoms in total. The monoisotopic (exact) mass is 252 g/mol. The molecule has 0 aliphatic rings. The Bertz CT molecular complexity index is 382. The molecule has 0 aliphatic carbocycles. The van der Waals surface area contributed by atoms with E-state index in [1.165, 1.54) is 0 Å². The molecule has 0 aromatic carbocycles. The molecule has 6 heteroatoms. The SMILES string of the molecule is COCCCNc1nccc(C(=O)NC(C)C)n1. The lowest BCUT2D eigenvalue weighted by molar-refractivity contribution is 0.0938. The fourth-order valence-electron chi connectivity index (χ4n) is 1.32. The number of methoxy groups -OCH3 is 1.